The second kappa shape index (κ2) is 11.1. The summed E-state index contributed by atoms with van der Waals surface area (Å²) in [6, 6.07) is -1.69. The van der Waals surface area contributed by atoms with Crippen molar-refractivity contribution in [1.29, 1.82) is 0 Å². The molecule has 0 spiro atoms. The van der Waals surface area contributed by atoms with Crippen molar-refractivity contribution in [3.63, 3.8) is 0 Å². The van der Waals surface area contributed by atoms with Gasteiger partial charge in [-0.2, -0.15) is 13.2 Å². The Hall–Kier alpha value is -1.83. The summed E-state index contributed by atoms with van der Waals surface area (Å²) in [5.74, 6) is 1.33. The van der Waals surface area contributed by atoms with Gasteiger partial charge in [-0.05, 0) is 39.5 Å². The molecule has 2 rings (SSSR count). The average Bonchev–Trinajstić information content (AvgIpc) is 3.06. The second-order valence-corrected chi connectivity index (χ2v) is 9.96. The summed E-state index contributed by atoms with van der Waals surface area (Å²) in [6.07, 6.45) is -1.75. The Bertz CT molecular complexity index is 830. The van der Waals surface area contributed by atoms with Crippen LogP contribution >= 0.6 is 11.8 Å². The Morgan fingerprint density at radius 1 is 1.24 bits per heavy atom. The van der Waals surface area contributed by atoms with Crippen molar-refractivity contribution in [2.24, 2.45) is 10.9 Å². The summed E-state index contributed by atoms with van der Waals surface area (Å²) < 4.78 is 41.2. The van der Waals surface area contributed by atoms with Gasteiger partial charge in [0.15, 0.2) is 0 Å². The lowest BCUT2D eigenvalue weighted by Crippen LogP contribution is -2.49. The van der Waals surface area contributed by atoms with Crippen LogP contribution in [0.3, 0.4) is 0 Å². The topological polar surface area (TPSA) is 22.1 Å². The molecule has 2 aliphatic rings. The lowest BCUT2D eigenvalue weighted by molar-refractivity contribution is -0.171. The molecule has 0 aromatic rings. The third-order valence-corrected chi connectivity index (χ3v) is 8.03. The predicted octanol–water partition coefficient (Wildman–Crippen LogP) is 6.97. The number of nitrogens with zero attached hydrogens (tertiary/aromatic N) is 4. The van der Waals surface area contributed by atoms with Crippen LogP contribution in [0, 0.1) is 5.92 Å². The summed E-state index contributed by atoms with van der Waals surface area (Å²) in [4.78, 5) is 10.1. The molecule has 4 nitrogen and oxygen atoms in total. The molecule has 0 saturated carbocycles. The number of hydrogen-bond acceptors (Lipinski definition) is 4. The molecule has 3 unspecified atom stereocenters. The highest BCUT2D eigenvalue weighted by Gasteiger charge is 2.49. The van der Waals surface area contributed by atoms with Crippen LogP contribution in [-0.4, -0.2) is 57.6 Å². The molecule has 0 aromatic heterocycles. The van der Waals surface area contributed by atoms with E-state index < -0.39 is 12.2 Å². The van der Waals surface area contributed by atoms with Gasteiger partial charge in [0, 0.05) is 41.9 Å². The predicted molar refractivity (Wildman–Crippen MR) is 135 cm³/mol. The van der Waals surface area contributed by atoms with E-state index in [1.165, 1.54) is 11.8 Å². The minimum absolute atomic E-state index is 0.0499. The van der Waals surface area contributed by atoms with Gasteiger partial charge in [-0.15, -0.1) is 11.8 Å². The SMILES string of the molecule is C=C(CC)N=C(C)N(CC)CC1SC2=C(C(=C)N(C(C)C(F)(F)F)C(=C)N2CCCC)C1C. The van der Waals surface area contributed by atoms with Crippen LogP contribution < -0.4 is 0 Å². The molecule has 2 aliphatic heterocycles. The Morgan fingerprint density at radius 2 is 1.88 bits per heavy atom. The fourth-order valence-electron chi connectivity index (χ4n) is 4.25. The first kappa shape index (κ1) is 27.4. The zero-order chi connectivity index (χ0) is 25.1. The molecule has 2 heterocycles. The average molecular weight is 485 g/mol. The zero-order valence-electron chi connectivity index (χ0n) is 20.9. The van der Waals surface area contributed by atoms with Gasteiger partial charge in [0.05, 0.1) is 5.03 Å². The molecule has 0 bridgehead atoms. The van der Waals surface area contributed by atoms with Gasteiger partial charge >= 0.3 is 6.18 Å². The molecular formula is C25H39F3N4S. The maximum absolute atomic E-state index is 13.7. The summed E-state index contributed by atoms with van der Waals surface area (Å²) >= 11 is 1.73. The lowest BCUT2D eigenvalue weighted by atomic mass is 9.92. The first-order chi connectivity index (χ1) is 15.4. The molecule has 0 aromatic carbocycles. The monoisotopic (exact) mass is 484 g/mol. The van der Waals surface area contributed by atoms with E-state index in [2.05, 4.69) is 50.4 Å². The number of alkyl halides is 3. The van der Waals surface area contributed by atoms with Crippen molar-refractivity contribution in [3.8, 4) is 0 Å². The third kappa shape index (κ3) is 5.81. The highest BCUT2D eigenvalue weighted by Crippen LogP contribution is 2.52. The summed E-state index contributed by atoms with van der Waals surface area (Å²) in [6.45, 7) is 25.8. The van der Waals surface area contributed by atoms with E-state index >= 15 is 0 Å². The van der Waals surface area contributed by atoms with Crippen LogP contribution in [0.4, 0.5) is 13.2 Å². The summed E-state index contributed by atoms with van der Waals surface area (Å²) in [5, 5.41) is 1.18. The Kier molecular flexibility index (Phi) is 9.19. The zero-order valence-corrected chi connectivity index (χ0v) is 21.7. The number of thioether (sulfide) groups is 1. The van der Waals surface area contributed by atoms with Crippen molar-refractivity contribution in [2.45, 2.75) is 78.3 Å². The number of amidine groups is 1. The number of unbranched alkanes of at least 4 members (excludes halogenated alkanes) is 1. The quantitative estimate of drug-likeness (QED) is 0.260. The van der Waals surface area contributed by atoms with E-state index in [1.807, 2.05) is 18.7 Å². The molecule has 186 valence electrons. The number of allylic oxidation sites excluding steroid dienone is 2. The van der Waals surface area contributed by atoms with E-state index in [4.69, 9.17) is 0 Å². The van der Waals surface area contributed by atoms with E-state index in [0.29, 0.717) is 18.1 Å². The fourth-order valence-corrected chi connectivity index (χ4v) is 5.89. The molecule has 0 amide bonds. The van der Waals surface area contributed by atoms with E-state index in [9.17, 15) is 13.2 Å². The van der Waals surface area contributed by atoms with Crippen LogP contribution in [0.25, 0.3) is 0 Å². The second-order valence-electron chi connectivity index (χ2n) is 8.74. The third-order valence-electron chi connectivity index (χ3n) is 6.51. The summed E-state index contributed by atoms with van der Waals surface area (Å²) in [5.41, 5.74) is 2.17. The number of aliphatic imine (C=N–C) groups is 1. The smallest absolute Gasteiger partial charge is 0.359 e. The molecule has 3 atom stereocenters. The van der Waals surface area contributed by atoms with E-state index in [0.717, 1.165) is 54.5 Å². The molecule has 0 saturated heterocycles. The van der Waals surface area contributed by atoms with Crippen LogP contribution in [0.2, 0.25) is 0 Å². The van der Waals surface area contributed by atoms with Crippen molar-refractivity contribution >= 4 is 17.6 Å². The molecule has 0 radical (unpaired) electrons. The Balaban J connectivity index is 2.38. The molecular weight excluding hydrogens is 445 g/mol. The van der Waals surface area contributed by atoms with Crippen LogP contribution in [0.1, 0.15) is 60.8 Å². The van der Waals surface area contributed by atoms with Crippen molar-refractivity contribution in [2.75, 3.05) is 19.6 Å². The minimum Gasteiger partial charge on any atom is -0.359 e. The van der Waals surface area contributed by atoms with Gasteiger partial charge in [-0.25, -0.2) is 4.99 Å². The highest BCUT2D eigenvalue weighted by molar-refractivity contribution is 8.03. The van der Waals surface area contributed by atoms with Crippen molar-refractivity contribution < 1.29 is 13.2 Å². The molecule has 0 aliphatic carbocycles. The lowest BCUT2D eigenvalue weighted by Gasteiger charge is -2.45. The fraction of sp³-hybridized carbons (Fsp3) is 0.640. The molecule has 0 fully saturated rings. The van der Waals surface area contributed by atoms with Crippen molar-refractivity contribution in [3.05, 3.63) is 47.6 Å². The maximum atomic E-state index is 13.7. The Morgan fingerprint density at radius 3 is 2.39 bits per heavy atom. The Labute approximate surface area is 202 Å². The van der Waals surface area contributed by atoms with Gasteiger partial charge in [-0.3, -0.25) is 0 Å². The molecule has 8 heteroatoms. The first-order valence-electron chi connectivity index (χ1n) is 11.8. The largest absolute Gasteiger partial charge is 0.408 e. The molecule has 0 N–H and O–H groups in total. The van der Waals surface area contributed by atoms with Crippen LogP contribution in [-0.2, 0) is 0 Å². The standard InChI is InChI=1S/C25H39F3N4S/c1-10-13-14-31-21(9)32(19(7)25(26,27)28)18(6)23-17(5)22(33-24(23)31)15-30(12-3)20(8)29-16(4)11-2/h17,19,22H,4,6,9-15H2,1-3,5,7-8H3. The molecule has 33 heavy (non-hydrogen) atoms. The van der Waals surface area contributed by atoms with Gasteiger partial charge in [0.2, 0.25) is 0 Å². The summed E-state index contributed by atoms with van der Waals surface area (Å²) in [7, 11) is 0. The first-order valence-corrected chi connectivity index (χ1v) is 12.7. The van der Waals surface area contributed by atoms with E-state index in [-0.39, 0.29) is 11.2 Å². The van der Waals surface area contributed by atoms with Gasteiger partial charge in [0.1, 0.15) is 17.7 Å². The number of hydrogen-bond donors (Lipinski definition) is 0. The van der Waals surface area contributed by atoms with Gasteiger partial charge in [-0.1, -0.05) is 46.9 Å². The van der Waals surface area contributed by atoms with Gasteiger partial charge < -0.3 is 14.7 Å². The number of halogens is 3. The van der Waals surface area contributed by atoms with Crippen LogP contribution in [0.15, 0.2) is 52.5 Å². The minimum atomic E-state index is -4.37. The highest BCUT2D eigenvalue weighted by atomic mass is 32.2. The van der Waals surface area contributed by atoms with Gasteiger partial charge in [0.25, 0.3) is 0 Å². The van der Waals surface area contributed by atoms with E-state index in [1.54, 1.807) is 11.8 Å². The van der Waals surface area contributed by atoms with Crippen molar-refractivity contribution in [1.82, 2.24) is 14.7 Å². The normalized spacial score (nSPS) is 22.8. The maximum Gasteiger partial charge on any atom is 0.408 e. The number of rotatable bonds is 9. The van der Waals surface area contributed by atoms with Crippen LogP contribution in [0.5, 0.6) is 0 Å².